The van der Waals surface area contributed by atoms with Crippen LogP contribution in [0.4, 0.5) is 5.69 Å². The van der Waals surface area contributed by atoms with E-state index in [9.17, 15) is 9.59 Å². The number of carbonyl (C=O) groups excluding carboxylic acids is 1. The number of hydrogen-bond acceptors (Lipinski definition) is 2. The number of carboxylic acids is 1. The fourth-order valence-electron chi connectivity index (χ4n) is 1.87. The fourth-order valence-corrected chi connectivity index (χ4v) is 1.87. The van der Waals surface area contributed by atoms with Crippen LogP contribution < -0.4 is 4.90 Å². The predicted molar refractivity (Wildman–Crippen MR) is 55.1 cm³/mol. The van der Waals surface area contributed by atoms with E-state index in [0.717, 1.165) is 30.5 Å². The van der Waals surface area contributed by atoms with Gasteiger partial charge < -0.3 is 10.0 Å². The zero-order chi connectivity index (χ0) is 10.8. The van der Waals surface area contributed by atoms with Gasteiger partial charge in [0.25, 0.3) is 0 Å². The van der Waals surface area contributed by atoms with E-state index in [1.54, 1.807) is 17.0 Å². The zero-order valence-electron chi connectivity index (χ0n) is 8.14. The lowest BCUT2D eigenvalue weighted by molar-refractivity contribution is -0.107. The van der Waals surface area contributed by atoms with E-state index in [0.29, 0.717) is 6.54 Å². The lowest BCUT2D eigenvalue weighted by Gasteiger charge is -2.25. The number of hydrogen-bond donors (Lipinski definition) is 1. The molecule has 78 valence electrons. The van der Waals surface area contributed by atoms with Crippen LogP contribution >= 0.6 is 0 Å². The number of carboxylic acid groups (broad SMARTS) is 1. The van der Waals surface area contributed by atoms with Crippen molar-refractivity contribution in [1.29, 1.82) is 0 Å². The predicted octanol–water partition coefficient (Wildman–Crippen LogP) is 1.29. The van der Waals surface area contributed by atoms with Crippen molar-refractivity contribution in [3.8, 4) is 0 Å². The molecule has 1 N–H and O–H groups in total. The van der Waals surface area contributed by atoms with Gasteiger partial charge in [-0.2, -0.15) is 0 Å². The van der Waals surface area contributed by atoms with Crippen LogP contribution in [0.25, 0.3) is 0 Å². The standard InChI is InChI=1S/C11H11NO3/c13-7-12-5-1-2-8-6-9(11(14)15)3-4-10(8)12/h3-4,6-7H,1-2,5H2,(H,14,15). The number of aromatic carboxylic acids is 1. The van der Waals surface area contributed by atoms with Crippen molar-refractivity contribution in [2.24, 2.45) is 0 Å². The number of fused-ring (bicyclic) bond motifs is 1. The van der Waals surface area contributed by atoms with Gasteiger partial charge in [0.1, 0.15) is 0 Å². The lowest BCUT2D eigenvalue weighted by Crippen LogP contribution is -2.27. The Morgan fingerprint density at radius 1 is 1.47 bits per heavy atom. The number of carbonyl (C=O) groups is 2. The van der Waals surface area contributed by atoms with Crippen LogP contribution in [-0.4, -0.2) is 24.0 Å². The Labute approximate surface area is 87.1 Å². The molecule has 0 atom stereocenters. The molecule has 1 heterocycles. The molecule has 0 aliphatic carbocycles. The Balaban J connectivity index is 2.44. The Bertz CT molecular complexity index is 414. The second kappa shape index (κ2) is 3.73. The second-order valence-electron chi connectivity index (χ2n) is 3.55. The average molecular weight is 205 g/mol. The molecule has 0 saturated heterocycles. The minimum atomic E-state index is -0.930. The van der Waals surface area contributed by atoms with E-state index in [1.165, 1.54) is 6.07 Å². The maximum absolute atomic E-state index is 10.8. The number of benzene rings is 1. The molecule has 4 nitrogen and oxygen atoms in total. The molecule has 1 aliphatic heterocycles. The summed E-state index contributed by atoms with van der Waals surface area (Å²) in [6.45, 7) is 0.711. The van der Waals surface area contributed by atoms with Gasteiger partial charge in [0.2, 0.25) is 6.41 Å². The van der Waals surface area contributed by atoms with Gasteiger partial charge >= 0.3 is 5.97 Å². The molecule has 2 rings (SSSR count). The number of nitrogens with zero attached hydrogens (tertiary/aromatic N) is 1. The highest BCUT2D eigenvalue weighted by molar-refractivity contribution is 5.89. The first-order chi connectivity index (χ1) is 7.22. The van der Waals surface area contributed by atoms with Crippen LogP contribution in [0, 0.1) is 0 Å². The molecule has 0 spiro atoms. The monoisotopic (exact) mass is 205 g/mol. The van der Waals surface area contributed by atoms with Gasteiger partial charge in [-0.3, -0.25) is 4.79 Å². The number of rotatable bonds is 2. The first-order valence-corrected chi connectivity index (χ1v) is 4.80. The molecule has 1 aliphatic rings. The van der Waals surface area contributed by atoms with E-state index in [-0.39, 0.29) is 5.56 Å². The maximum Gasteiger partial charge on any atom is 0.335 e. The molecule has 15 heavy (non-hydrogen) atoms. The summed E-state index contributed by atoms with van der Waals surface area (Å²) in [5, 5.41) is 8.83. The summed E-state index contributed by atoms with van der Waals surface area (Å²) >= 11 is 0. The Morgan fingerprint density at radius 2 is 2.27 bits per heavy atom. The fraction of sp³-hybridized carbons (Fsp3) is 0.273. The minimum absolute atomic E-state index is 0.279. The highest BCUT2D eigenvalue weighted by atomic mass is 16.4. The Morgan fingerprint density at radius 3 is 2.93 bits per heavy atom. The van der Waals surface area contributed by atoms with Crippen LogP contribution in [0.2, 0.25) is 0 Å². The summed E-state index contributed by atoms with van der Waals surface area (Å²) in [4.78, 5) is 23.1. The Kier molecular flexibility index (Phi) is 2.41. The molecule has 4 heteroatoms. The topological polar surface area (TPSA) is 57.6 Å². The van der Waals surface area contributed by atoms with E-state index in [1.807, 2.05) is 0 Å². The van der Waals surface area contributed by atoms with Crippen LogP contribution in [0.1, 0.15) is 22.3 Å². The summed E-state index contributed by atoms with van der Waals surface area (Å²) < 4.78 is 0. The summed E-state index contributed by atoms with van der Waals surface area (Å²) in [6, 6.07) is 4.88. The summed E-state index contributed by atoms with van der Waals surface area (Å²) in [5.74, 6) is -0.930. The average Bonchev–Trinajstić information content (AvgIpc) is 2.27. The van der Waals surface area contributed by atoms with Gasteiger partial charge in [0, 0.05) is 12.2 Å². The highest BCUT2D eigenvalue weighted by Gasteiger charge is 2.17. The van der Waals surface area contributed by atoms with Gasteiger partial charge in [-0.05, 0) is 36.6 Å². The normalized spacial score (nSPS) is 14.5. The van der Waals surface area contributed by atoms with Gasteiger partial charge in [0.05, 0.1) is 5.56 Å². The summed E-state index contributed by atoms with van der Waals surface area (Å²) in [6.07, 6.45) is 2.51. The van der Waals surface area contributed by atoms with E-state index < -0.39 is 5.97 Å². The second-order valence-corrected chi connectivity index (χ2v) is 3.55. The summed E-state index contributed by atoms with van der Waals surface area (Å²) in [5.41, 5.74) is 2.05. The largest absolute Gasteiger partial charge is 0.478 e. The van der Waals surface area contributed by atoms with Crippen molar-refractivity contribution >= 4 is 18.1 Å². The molecule has 0 fully saturated rings. The van der Waals surface area contributed by atoms with Gasteiger partial charge in [-0.25, -0.2) is 4.79 Å². The highest BCUT2D eigenvalue weighted by Crippen LogP contribution is 2.26. The molecule has 0 unspecified atom stereocenters. The van der Waals surface area contributed by atoms with E-state index in [2.05, 4.69) is 0 Å². The third-order valence-electron chi connectivity index (χ3n) is 2.61. The molecule has 0 radical (unpaired) electrons. The van der Waals surface area contributed by atoms with Crippen LogP contribution in [-0.2, 0) is 11.2 Å². The molecule has 0 aromatic heterocycles. The Hall–Kier alpha value is -1.84. The zero-order valence-corrected chi connectivity index (χ0v) is 8.14. The van der Waals surface area contributed by atoms with Crippen molar-refractivity contribution in [2.45, 2.75) is 12.8 Å². The molecule has 0 bridgehead atoms. The molecular weight excluding hydrogens is 194 g/mol. The van der Waals surface area contributed by atoms with Crippen LogP contribution in [0.3, 0.4) is 0 Å². The maximum atomic E-state index is 10.8. The molecule has 1 aromatic carbocycles. The first kappa shape index (κ1) is 9.71. The smallest absolute Gasteiger partial charge is 0.335 e. The number of amides is 1. The summed E-state index contributed by atoms with van der Waals surface area (Å²) in [7, 11) is 0. The lowest BCUT2D eigenvalue weighted by atomic mass is 10.00. The quantitative estimate of drug-likeness (QED) is 0.740. The number of anilines is 1. The third-order valence-corrected chi connectivity index (χ3v) is 2.61. The van der Waals surface area contributed by atoms with Gasteiger partial charge in [0.15, 0.2) is 0 Å². The third kappa shape index (κ3) is 1.70. The molecule has 1 amide bonds. The van der Waals surface area contributed by atoms with Crippen LogP contribution in [0.15, 0.2) is 18.2 Å². The van der Waals surface area contributed by atoms with Crippen molar-refractivity contribution in [1.82, 2.24) is 0 Å². The molecule has 0 saturated carbocycles. The SMILES string of the molecule is O=CN1CCCc2cc(C(=O)O)ccc21. The van der Waals surface area contributed by atoms with Crippen molar-refractivity contribution in [2.75, 3.05) is 11.4 Å². The van der Waals surface area contributed by atoms with Crippen LogP contribution in [0.5, 0.6) is 0 Å². The van der Waals surface area contributed by atoms with Crippen molar-refractivity contribution in [3.05, 3.63) is 29.3 Å². The van der Waals surface area contributed by atoms with Crippen molar-refractivity contribution in [3.63, 3.8) is 0 Å². The van der Waals surface area contributed by atoms with Gasteiger partial charge in [-0.1, -0.05) is 0 Å². The molecule has 1 aromatic rings. The van der Waals surface area contributed by atoms with E-state index in [4.69, 9.17) is 5.11 Å². The minimum Gasteiger partial charge on any atom is -0.478 e. The van der Waals surface area contributed by atoms with Crippen molar-refractivity contribution < 1.29 is 14.7 Å². The molecular formula is C11H11NO3. The number of aryl methyl sites for hydroxylation is 1. The van der Waals surface area contributed by atoms with Gasteiger partial charge in [-0.15, -0.1) is 0 Å². The van der Waals surface area contributed by atoms with E-state index >= 15 is 0 Å². The first-order valence-electron chi connectivity index (χ1n) is 4.80.